The van der Waals surface area contributed by atoms with E-state index < -0.39 is 0 Å². The molecule has 1 aliphatic rings. The Hall–Kier alpha value is -2.77. The minimum atomic E-state index is 0.279. The van der Waals surface area contributed by atoms with E-state index in [2.05, 4.69) is 16.3 Å². The van der Waals surface area contributed by atoms with Crippen LogP contribution in [0.25, 0.3) is 10.6 Å². The summed E-state index contributed by atoms with van der Waals surface area (Å²) in [4.78, 5) is 7.39. The third kappa shape index (κ3) is 4.34. The summed E-state index contributed by atoms with van der Waals surface area (Å²) in [7, 11) is 6.72. The number of hydrogen-bond donors (Lipinski definition) is 0. The molecule has 0 radical (unpaired) electrons. The number of benzene rings is 2. The number of aromatic nitrogens is 1. The first-order chi connectivity index (χ1) is 15.2. The Morgan fingerprint density at radius 1 is 1.00 bits per heavy atom. The molecular weight excluding hydrogens is 412 g/mol. The zero-order chi connectivity index (χ0) is 21.8. The van der Waals surface area contributed by atoms with Crippen LogP contribution in [0.4, 0.5) is 0 Å². The maximum absolute atomic E-state index is 5.64. The fourth-order valence-electron chi connectivity index (χ4n) is 4.23. The second kappa shape index (κ2) is 9.58. The molecule has 0 N–H and O–H groups in total. The van der Waals surface area contributed by atoms with E-state index in [0.717, 1.165) is 53.7 Å². The molecule has 0 aliphatic carbocycles. The minimum Gasteiger partial charge on any atom is -0.497 e. The van der Waals surface area contributed by atoms with E-state index in [0.29, 0.717) is 11.5 Å². The van der Waals surface area contributed by atoms with Crippen molar-refractivity contribution in [3.8, 4) is 33.6 Å². The van der Waals surface area contributed by atoms with Gasteiger partial charge in [0.05, 0.1) is 39.7 Å². The van der Waals surface area contributed by atoms with Crippen LogP contribution in [0.5, 0.6) is 23.0 Å². The van der Waals surface area contributed by atoms with E-state index in [4.69, 9.17) is 23.9 Å². The number of likely N-dealkylation sites (tertiary alicyclic amines) is 1. The van der Waals surface area contributed by atoms with Crippen molar-refractivity contribution in [2.75, 3.05) is 35.0 Å². The second-order valence-corrected chi connectivity index (χ2v) is 8.28. The summed E-state index contributed by atoms with van der Waals surface area (Å²) in [5, 5.41) is 3.06. The molecule has 7 heteroatoms. The number of methoxy groups -OCH3 is 4. The SMILES string of the molecule is COc1ccc(OC)c(C2CCCN2Cc2csc(-c3cccc(OC)c3OC)n2)c1. The average molecular weight is 441 g/mol. The maximum atomic E-state index is 5.64. The summed E-state index contributed by atoms with van der Waals surface area (Å²) in [6.07, 6.45) is 2.23. The van der Waals surface area contributed by atoms with E-state index in [1.807, 2.05) is 30.3 Å². The maximum Gasteiger partial charge on any atom is 0.170 e. The van der Waals surface area contributed by atoms with Gasteiger partial charge in [0.2, 0.25) is 0 Å². The lowest BCUT2D eigenvalue weighted by Gasteiger charge is -2.25. The highest BCUT2D eigenvalue weighted by Crippen LogP contribution is 2.41. The molecular formula is C24H28N2O4S. The molecule has 0 amide bonds. The third-order valence-corrected chi connectivity index (χ3v) is 6.63. The van der Waals surface area contributed by atoms with Crippen molar-refractivity contribution in [2.45, 2.75) is 25.4 Å². The van der Waals surface area contributed by atoms with E-state index in [1.165, 1.54) is 5.56 Å². The summed E-state index contributed by atoms with van der Waals surface area (Å²) in [6, 6.07) is 12.2. The quantitative estimate of drug-likeness (QED) is 0.481. The monoisotopic (exact) mass is 440 g/mol. The van der Waals surface area contributed by atoms with Crippen molar-refractivity contribution in [1.29, 1.82) is 0 Å². The Kier molecular flexibility index (Phi) is 6.63. The fourth-order valence-corrected chi connectivity index (χ4v) is 5.07. The molecule has 2 heterocycles. The third-order valence-electron chi connectivity index (χ3n) is 5.71. The van der Waals surface area contributed by atoms with Crippen molar-refractivity contribution in [2.24, 2.45) is 0 Å². The second-order valence-electron chi connectivity index (χ2n) is 7.42. The first kappa shape index (κ1) is 21.5. The van der Waals surface area contributed by atoms with E-state index in [1.54, 1.807) is 39.8 Å². The van der Waals surface area contributed by atoms with Crippen LogP contribution in [0, 0.1) is 0 Å². The molecule has 31 heavy (non-hydrogen) atoms. The Labute approximate surface area is 187 Å². The summed E-state index contributed by atoms with van der Waals surface area (Å²) in [5.41, 5.74) is 3.17. The molecule has 3 aromatic rings. The Bertz CT molecular complexity index is 1040. The highest BCUT2D eigenvalue weighted by Gasteiger charge is 2.29. The number of rotatable bonds is 8. The molecule has 1 saturated heterocycles. The van der Waals surface area contributed by atoms with Crippen LogP contribution >= 0.6 is 11.3 Å². The lowest BCUT2D eigenvalue weighted by atomic mass is 10.0. The van der Waals surface area contributed by atoms with Crippen molar-refractivity contribution in [1.82, 2.24) is 9.88 Å². The van der Waals surface area contributed by atoms with Gasteiger partial charge in [-0.1, -0.05) is 6.07 Å². The minimum absolute atomic E-state index is 0.279. The zero-order valence-electron chi connectivity index (χ0n) is 18.4. The lowest BCUT2D eigenvalue weighted by Crippen LogP contribution is -2.23. The van der Waals surface area contributed by atoms with Crippen LogP contribution in [0.3, 0.4) is 0 Å². The highest BCUT2D eigenvalue weighted by atomic mass is 32.1. The largest absolute Gasteiger partial charge is 0.497 e. The van der Waals surface area contributed by atoms with Gasteiger partial charge in [-0.05, 0) is 49.7 Å². The van der Waals surface area contributed by atoms with Crippen LogP contribution < -0.4 is 18.9 Å². The van der Waals surface area contributed by atoms with E-state index in [-0.39, 0.29) is 6.04 Å². The normalized spacial score (nSPS) is 16.3. The zero-order valence-corrected chi connectivity index (χ0v) is 19.2. The van der Waals surface area contributed by atoms with Gasteiger partial charge in [-0.2, -0.15) is 0 Å². The molecule has 0 saturated carbocycles. The van der Waals surface area contributed by atoms with Gasteiger partial charge >= 0.3 is 0 Å². The topological polar surface area (TPSA) is 53.1 Å². The predicted molar refractivity (Wildman–Crippen MR) is 123 cm³/mol. The predicted octanol–water partition coefficient (Wildman–Crippen LogP) is 5.18. The summed E-state index contributed by atoms with van der Waals surface area (Å²) in [6.45, 7) is 1.81. The van der Waals surface area contributed by atoms with Crippen molar-refractivity contribution >= 4 is 11.3 Å². The average Bonchev–Trinajstić information content (AvgIpc) is 3.47. The molecule has 6 nitrogen and oxygen atoms in total. The van der Waals surface area contributed by atoms with Crippen LogP contribution in [-0.4, -0.2) is 44.9 Å². The fraction of sp³-hybridized carbons (Fsp3) is 0.375. The standard InChI is InChI=1S/C24H28N2O4S/c1-27-17-10-11-21(28-2)19(13-17)20-8-6-12-26(20)14-16-15-31-24(25-16)18-7-5-9-22(29-3)23(18)30-4/h5,7,9-11,13,15,20H,6,8,12,14H2,1-4H3. The van der Waals surface area contributed by atoms with Crippen LogP contribution in [0.15, 0.2) is 41.8 Å². The van der Waals surface area contributed by atoms with Gasteiger partial charge in [-0.25, -0.2) is 4.98 Å². The van der Waals surface area contributed by atoms with Gasteiger partial charge < -0.3 is 18.9 Å². The molecule has 1 aromatic heterocycles. The van der Waals surface area contributed by atoms with Gasteiger partial charge in [0, 0.05) is 23.5 Å². The first-order valence-electron chi connectivity index (χ1n) is 10.3. The van der Waals surface area contributed by atoms with E-state index >= 15 is 0 Å². The Morgan fingerprint density at radius 3 is 2.58 bits per heavy atom. The molecule has 0 spiro atoms. The first-order valence-corrected chi connectivity index (χ1v) is 11.2. The molecule has 164 valence electrons. The van der Waals surface area contributed by atoms with Gasteiger partial charge in [-0.3, -0.25) is 4.90 Å². The van der Waals surface area contributed by atoms with Crippen molar-refractivity contribution in [3.05, 3.63) is 53.0 Å². The summed E-state index contributed by atoms with van der Waals surface area (Å²) in [5.74, 6) is 3.18. The molecule has 1 unspecified atom stereocenters. The number of para-hydroxylation sites is 1. The van der Waals surface area contributed by atoms with Crippen molar-refractivity contribution < 1.29 is 18.9 Å². The molecule has 2 aromatic carbocycles. The number of thiazole rings is 1. The smallest absolute Gasteiger partial charge is 0.170 e. The molecule has 1 atom stereocenters. The highest BCUT2D eigenvalue weighted by molar-refractivity contribution is 7.13. The molecule has 4 rings (SSSR count). The Balaban J connectivity index is 1.58. The van der Waals surface area contributed by atoms with Gasteiger partial charge in [0.25, 0.3) is 0 Å². The molecule has 1 aliphatic heterocycles. The van der Waals surface area contributed by atoms with Crippen LogP contribution in [0.1, 0.15) is 30.1 Å². The van der Waals surface area contributed by atoms with Gasteiger partial charge in [0.1, 0.15) is 16.5 Å². The number of ether oxygens (including phenoxy) is 4. The van der Waals surface area contributed by atoms with Crippen LogP contribution in [-0.2, 0) is 6.54 Å². The Morgan fingerprint density at radius 2 is 1.84 bits per heavy atom. The van der Waals surface area contributed by atoms with E-state index in [9.17, 15) is 0 Å². The van der Waals surface area contributed by atoms with Gasteiger partial charge in [0.15, 0.2) is 11.5 Å². The number of hydrogen-bond acceptors (Lipinski definition) is 7. The lowest BCUT2D eigenvalue weighted by molar-refractivity contribution is 0.240. The molecule has 0 bridgehead atoms. The van der Waals surface area contributed by atoms with Crippen LogP contribution in [0.2, 0.25) is 0 Å². The summed E-state index contributed by atoms with van der Waals surface area (Å²) >= 11 is 1.63. The van der Waals surface area contributed by atoms with Crippen molar-refractivity contribution in [3.63, 3.8) is 0 Å². The molecule has 1 fully saturated rings. The summed E-state index contributed by atoms with van der Waals surface area (Å²) < 4.78 is 22.1. The number of nitrogens with zero attached hydrogens (tertiary/aromatic N) is 2. The van der Waals surface area contributed by atoms with Gasteiger partial charge in [-0.15, -0.1) is 11.3 Å².